The Morgan fingerprint density at radius 3 is 2.94 bits per heavy atom. The molecule has 0 spiro atoms. The summed E-state index contributed by atoms with van der Waals surface area (Å²) < 4.78 is 6.58. The third kappa shape index (κ3) is 2.96. The summed E-state index contributed by atoms with van der Waals surface area (Å²) in [6.07, 6.45) is 4.26. The molecule has 0 saturated heterocycles. The lowest BCUT2D eigenvalue weighted by atomic mass is 10.1. The first-order valence-electron chi connectivity index (χ1n) is 5.47. The molecule has 0 N–H and O–H groups in total. The summed E-state index contributed by atoms with van der Waals surface area (Å²) in [5.74, 6) is 0.622. The van der Waals surface area contributed by atoms with Crippen LogP contribution in [0.4, 0.5) is 0 Å². The zero-order valence-corrected chi connectivity index (χ0v) is 11.5. The minimum atomic E-state index is 0.400. The van der Waals surface area contributed by atoms with Crippen LogP contribution in [-0.2, 0) is 6.61 Å². The van der Waals surface area contributed by atoms with Gasteiger partial charge in [-0.25, -0.2) is 0 Å². The van der Waals surface area contributed by atoms with Crippen LogP contribution in [0.3, 0.4) is 0 Å². The van der Waals surface area contributed by atoms with Crippen molar-refractivity contribution in [2.75, 3.05) is 0 Å². The summed E-state index contributed by atoms with van der Waals surface area (Å²) in [7, 11) is 0. The number of halogens is 1. The van der Waals surface area contributed by atoms with E-state index in [1.165, 1.54) is 0 Å². The Morgan fingerprint density at radius 1 is 1.44 bits per heavy atom. The van der Waals surface area contributed by atoms with E-state index in [9.17, 15) is 4.79 Å². The van der Waals surface area contributed by atoms with Crippen molar-refractivity contribution in [1.82, 2.24) is 4.98 Å². The van der Waals surface area contributed by atoms with E-state index in [-0.39, 0.29) is 0 Å². The average Bonchev–Trinajstić information content (AvgIpc) is 2.38. The number of carbonyl (C=O) groups excluding carboxylic acids is 1. The van der Waals surface area contributed by atoms with Gasteiger partial charge in [-0.2, -0.15) is 0 Å². The molecule has 4 heteroatoms. The lowest BCUT2D eigenvalue weighted by Crippen LogP contribution is -2.00. The number of hydrogen-bond acceptors (Lipinski definition) is 3. The highest BCUT2D eigenvalue weighted by molar-refractivity contribution is 9.10. The summed E-state index contributed by atoms with van der Waals surface area (Å²) in [6, 6.07) is 7.46. The zero-order valence-electron chi connectivity index (χ0n) is 9.89. The van der Waals surface area contributed by atoms with Gasteiger partial charge in [-0.1, -0.05) is 22.0 Å². The highest BCUT2D eigenvalue weighted by atomic mass is 79.9. The number of carbonyl (C=O) groups is 1. The van der Waals surface area contributed by atoms with Gasteiger partial charge in [-0.05, 0) is 30.7 Å². The van der Waals surface area contributed by atoms with Crippen LogP contribution < -0.4 is 4.74 Å². The van der Waals surface area contributed by atoms with Crippen LogP contribution >= 0.6 is 15.9 Å². The van der Waals surface area contributed by atoms with E-state index in [0.29, 0.717) is 17.9 Å². The van der Waals surface area contributed by atoms with Crippen LogP contribution in [0.2, 0.25) is 0 Å². The largest absolute Gasteiger partial charge is 0.488 e. The average molecular weight is 306 g/mol. The van der Waals surface area contributed by atoms with Crippen LogP contribution in [0.5, 0.6) is 5.75 Å². The van der Waals surface area contributed by atoms with E-state index in [0.717, 1.165) is 21.9 Å². The fourth-order valence-electron chi connectivity index (χ4n) is 1.68. The van der Waals surface area contributed by atoms with Gasteiger partial charge in [0.25, 0.3) is 0 Å². The van der Waals surface area contributed by atoms with Crippen LogP contribution in [0, 0.1) is 6.92 Å². The summed E-state index contributed by atoms with van der Waals surface area (Å²) in [5.41, 5.74) is 2.44. The summed E-state index contributed by atoms with van der Waals surface area (Å²) >= 11 is 3.36. The molecule has 1 aromatic carbocycles. The quantitative estimate of drug-likeness (QED) is 0.811. The Bertz CT molecular complexity index is 555. The van der Waals surface area contributed by atoms with Crippen LogP contribution in [0.1, 0.15) is 21.5 Å². The molecule has 0 aliphatic rings. The molecule has 0 saturated carbocycles. The number of rotatable bonds is 4. The maximum absolute atomic E-state index is 11.0. The van der Waals surface area contributed by atoms with E-state index in [2.05, 4.69) is 20.9 Å². The van der Waals surface area contributed by atoms with Crippen molar-refractivity contribution in [2.24, 2.45) is 0 Å². The first-order chi connectivity index (χ1) is 8.70. The number of pyridine rings is 1. The Balaban J connectivity index is 2.21. The Hall–Kier alpha value is -1.68. The van der Waals surface area contributed by atoms with Gasteiger partial charge in [-0.15, -0.1) is 0 Å². The summed E-state index contributed by atoms with van der Waals surface area (Å²) in [6.45, 7) is 2.31. The highest BCUT2D eigenvalue weighted by Gasteiger charge is 2.08. The lowest BCUT2D eigenvalue weighted by molar-refractivity contribution is 0.111. The number of aromatic nitrogens is 1. The van der Waals surface area contributed by atoms with Gasteiger partial charge in [-0.3, -0.25) is 9.78 Å². The molecule has 0 amide bonds. The van der Waals surface area contributed by atoms with Crippen molar-refractivity contribution in [1.29, 1.82) is 0 Å². The Labute approximate surface area is 114 Å². The number of aryl methyl sites for hydroxylation is 1. The van der Waals surface area contributed by atoms with E-state index in [1.807, 2.05) is 25.1 Å². The molecule has 92 valence electrons. The van der Waals surface area contributed by atoms with Crippen molar-refractivity contribution >= 4 is 22.2 Å². The number of ether oxygens (including phenoxy) is 1. The second-order valence-electron chi connectivity index (χ2n) is 3.91. The molecule has 0 atom stereocenters. The Kier molecular flexibility index (Phi) is 4.10. The van der Waals surface area contributed by atoms with Gasteiger partial charge in [0.15, 0.2) is 6.29 Å². The van der Waals surface area contributed by atoms with Gasteiger partial charge in [0, 0.05) is 22.4 Å². The highest BCUT2D eigenvalue weighted by Crippen LogP contribution is 2.27. The van der Waals surface area contributed by atoms with E-state index >= 15 is 0 Å². The fourth-order valence-corrected chi connectivity index (χ4v) is 2.27. The number of hydrogen-bond donors (Lipinski definition) is 0. The fraction of sp³-hybridized carbons (Fsp3) is 0.143. The molecule has 0 bridgehead atoms. The maximum atomic E-state index is 11.0. The monoisotopic (exact) mass is 305 g/mol. The molecule has 1 heterocycles. The number of aldehydes is 1. The van der Waals surface area contributed by atoms with Crippen LogP contribution in [-0.4, -0.2) is 11.3 Å². The smallest absolute Gasteiger partial charge is 0.153 e. The minimum Gasteiger partial charge on any atom is -0.488 e. The predicted octanol–water partition coefficient (Wildman–Crippen LogP) is 3.54. The van der Waals surface area contributed by atoms with Gasteiger partial charge >= 0.3 is 0 Å². The molecule has 0 unspecified atom stereocenters. The molecule has 3 nitrogen and oxygen atoms in total. The van der Waals surface area contributed by atoms with Gasteiger partial charge in [0.1, 0.15) is 12.4 Å². The van der Waals surface area contributed by atoms with Crippen molar-refractivity contribution in [3.8, 4) is 5.75 Å². The first-order valence-corrected chi connectivity index (χ1v) is 6.27. The van der Waals surface area contributed by atoms with E-state index in [4.69, 9.17) is 4.74 Å². The van der Waals surface area contributed by atoms with E-state index in [1.54, 1.807) is 18.5 Å². The van der Waals surface area contributed by atoms with E-state index < -0.39 is 0 Å². The lowest BCUT2D eigenvalue weighted by Gasteiger charge is -2.11. The van der Waals surface area contributed by atoms with Crippen molar-refractivity contribution in [3.05, 3.63) is 57.8 Å². The molecule has 1 aromatic heterocycles. The van der Waals surface area contributed by atoms with Crippen LogP contribution in [0.25, 0.3) is 0 Å². The molecular weight excluding hydrogens is 294 g/mol. The number of benzene rings is 1. The SMILES string of the molecule is Cc1cc(Br)cc(C=O)c1OCc1cccnc1. The second kappa shape index (κ2) is 5.78. The zero-order chi connectivity index (χ0) is 13.0. The molecule has 18 heavy (non-hydrogen) atoms. The molecule has 0 fully saturated rings. The van der Waals surface area contributed by atoms with Crippen molar-refractivity contribution < 1.29 is 9.53 Å². The molecule has 2 aromatic rings. The topological polar surface area (TPSA) is 39.2 Å². The molecule has 2 rings (SSSR count). The summed E-state index contributed by atoms with van der Waals surface area (Å²) in [4.78, 5) is 15.0. The second-order valence-corrected chi connectivity index (χ2v) is 4.82. The van der Waals surface area contributed by atoms with Gasteiger partial charge < -0.3 is 4.74 Å². The van der Waals surface area contributed by atoms with Gasteiger partial charge in [0.05, 0.1) is 5.56 Å². The minimum absolute atomic E-state index is 0.400. The predicted molar refractivity (Wildman–Crippen MR) is 72.8 cm³/mol. The molecular formula is C14H12BrNO2. The standard InChI is InChI=1S/C14H12BrNO2/c1-10-5-13(15)6-12(8-17)14(10)18-9-11-3-2-4-16-7-11/h2-8H,9H2,1H3. The van der Waals surface area contributed by atoms with Crippen molar-refractivity contribution in [2.45, 2.75) is 13.5 Å². The molecule has 0 aliphatic heterocycles. The van der Waals surface area contributed by atoms with Crippen molar-refractivity contribution in [3.63, 3.8) is 0 Å². The first kappa shape index (κ1) is 12.8. The van der Waals surface area contributed by atoms with Gasteiger partial charge in [0.2, 0.25) is 0 Å². The third-order valence-corrected chi connectivity index (χ3v) is 2.96. The Morgan fingerprint density at radius 2 is 2.28 bits per heavy atom. The third-order valence-electron chi connectivity index (χ3n) is 2.50. The maximum Gasteiger partial charge on any atom is 0.153 e. The molecule has 0 aliphatic carbocycles. The molecule has 0 radical (unpaired) electrons. The normalized spacial score (nSPS) is 10.1. The van der Waals surface area contributed by atoms with Crippen LogP contribution in [0.15, 0.2) is 41.1 Å². The number of nitrogens with zero attached hydrogens (tertiary/aromatic N) is 1. The summed E-state index contributed by atoms with van der Waals surface area (Å²) in [5, 5.41) is 0.